The first-order valence-electron chi connectivity index (χ1n) is 8.67. The zero-order valence-corrected chi connectivity index (χ0v) is 17.3. The summed E-state index contributed by atoms with van der Waals surface area (Å²) in [5.41, 5.74) is 7.69. The summed E-state index contributed by atoms with van der Waals surface area (Å²) in [5.74, 6) is 1.32. The highest BCUT2D eigenvalue weighted by Crippen LogP contribution is 2.32. The minimum Gasteiger partial charge on any atom is -0.495 e. The molecule has 0 aliphatic rings. The van der Waals surface area contributed by atoms with Crippen molar-refractivity contribution >= 4 is 35.7 Å². The summed E-state index contributed by atoms with van der Waals surface area (Å²) >= 11 is 0. The number of anilines is 1. The van der Waals surface area contributed by atoms with E-state index in [0.717, 1.165) is 5.56 Å². The number of hydrogen-bond acceptors (Lipinski definition) is 6. The molecule has 29 heavy (non-hydrogen) atoms. The van der Waals surface area contributed by atoms with E-state index in [0.29, 0.717) is 40.7 Å². The smallest absolute Gasteiger partial charge is 0.238 e. The number of carbonyl (C=O) groups is 1. The van der Waals surface area contributed by atoms with E-state index in [2.05, 4.69) is 11.4 Å². The minimum absolute atomic E-state index is 0. The molecule has 8 heteroatoms. The van der Waals surface area contributed by atoms with Gasteiger partial charge in [-0.3, -0.25) is 4.79 Å². The zero-order valence-electron chi connectivity index (χ0n) is 16.5. The molecule has 0 saturated carbocycles. The first kappa shape index (κ1) is 23.8. The van der Waals surface area contributed by atoms with Crippen LogP contribution in [0.25, 0.3) is 11.6 Å². The van der Waals surface area contributed by atoms with Crippen molar-refractivity contribution in [2.75, 3.05) is 32.7 Å². The quantitative estimate of drug-likeness (QED) is 0.503. The van der Waals surface area contributed by atoms with Crippen LogP contribution in [0.2, 0.25) is 0 Å². The predicted octanol–water partition coefficient (Wildman–Crippen LogP) is 3.49. The number of benzene rings is 2. The number of halogens is 1. The van der Waals surface area contributed by atoms with Crippen LogP contribution >= 0.6 is 12.4 Å². The van der Waals surface area contributed by atoms with Gasteiger partial charge in [0.2, 0.25) is 5.91 Å². The summed E-state index contributed by atoms with van der Waals surface area (Å²) < 4.78 is 16.1. The third-order valence-electron chi connectivity index (χ3n) is 3.89. The summed E-state index contributed by atoms with van der Waals surface area (Å²) in [6.07, 6.45) is 1.72. The molecule has 0 aliphatic heterocycles. The van der Waals surface area contributed by atoms with Gasteiger partial charge in [-0.25, -0.2) is 0 Å². The van der Waals surface area contributed by atoms with Gasteiger partial charge in [0, 0.05) is 0 Å². The van der Waals surface area contributed by atoms with Gasteiger partial charge in [0.1, 0.15) is 5.75 Å². The van der Waals surface area contributed by atoms with E-state index in [1.807, 2.05) is 6.92 Å². The van der Waals surface area contributed by atoms with Crippen molar-refractivity contribution in [1.29, 1.82) is 5.26 Å². The summed E-state index contributed by atoms with van der Waals surface area (Å²) in [5, 5.41) is 12.3. The van der Waals surface area contributed by atoms with E-state index in [9.17, 15) is 10.1 Å². The van der Waals surface area contributed by atoms with Crippen LogP contribution in [-0.2, 0) is 4.79 Å². The van der Waals surface area contributed by atoms with E-state index in [1.54, 1.807) is 49.6 Å². The van der Waals surface area contributed by atoms with E-state index >= 15 is 0 Å². The molecular formula is C21H24ClN3O4. The van der Waals surface area contributed by atoms with Gasteiger partial charge in [-0.2, -0.15) is 5.26 Å². The van der Waals surface area contributed by atoms with Crippen molar-refractivity contribution in [3.8, 4) is 23.3 Å². The van der Waals surface area contributed by atoms with Crippen LogP contribution in [0.3, 0.4) is 0 Å². The molecule has 0 unspecified atom stereocenters. The Morgan fingerprint density at radius 1 is 1.14 bits per heavy atom. The number of nitriles is 1. The number of amides is 1. The summed E-state index contributed by atoms with van der Waals surface area (Å²) in [6, 6.07) is 12.7. The number of nitrogens with one attached hydrogen (secondary N) is 1. The largest absolute Gasteiger partial charge is 0.495 e. The lowest BCUT2D eigenvalue weighted by atomic mass is 10.0. The number of nitrogens with zero attached hydrogens (tertiary/aromatic N) is 1. The maximum Gasteiger partial charge on any atom is 0.238 e. The van der Waals surface area contributed by atoms with E-state index in [-0.39, 0.29) is 24.9 Å². The fourth-order valence-corrected chi connectivity index (χ4v) is 2.57. The Kier molecular flexibility index (Phi) is 9.52. The molecule has 2 rings (SSSR count). The van der Waals surface area contributed by atoms with Gasteiger partial charge in [-0.05, 0) is 54.5 Å². The Hall–Kier alpha value is -3.21. The molecule has 0 fully saturated rings. The Labute approximate surface area is 176 Å². The highest BCUT2D eigenvalue weighted by molar-refractivity contribution is 5.95. The summed E-state index contributed by atoms with van der Waals surface area (Å²) in [4.78, 5) is 11.6. The predicted molar refractivity (Wildman–Crippen MR) is 116 cm³/mol. The number of hydrogen-bond donors (Lipinski definition) is 2. The second-order valence-corrected chi connectivity index (χ2v) is 5.68. The molecule has 0 bridgehead atoms. The highest BCUT2D eigenvalue weighted by atomic mass is 35.5. The minimum atomic E-state index is -0.337. The van der Waals surface area contributed by atoms with Crippen molar-refractivity contribution in [3.63, 3.8) is 0 Å². The van der Waals surface area contributed by atoms with E-state index < -0.39 is 0 Å². The third kappa shape index (κ3) is 6.14. The van der Waals surface area contributed by atoms with E-state index in [1.165, 1.54) is 7.11 Å². The summed E-state index contributed by atoms with van der Waals surface area (Å²) in [7, 11) is 3.07. The van der Waals surface area contributed by atoms with Gasteiger partial charge in [-0.1, -0.05) is 6.07 Å². The molecule has 0 spiro atoms. The molecule has 0 radical (unpaired) electrons. The summed E-state index contributed by atoms with van der Waals surface area (Å²) in [6.45, 7) is 2.22. The second kappa shape index (κ2) is 11.6. The van der Waals surface area contributed by atoms with Crippen LogP contribution in [0.1, 0.15) is 18.1 Å². The molecule has 7 nitrogen and oxygen atoms in total. The lowest BCUT2D eigenvalue weighted by Gasteiger charge is -2.12. The lowest BCUT2D eigenvalue weighted by Crippen LogP contribution is -2.22. The number of ether oxygens (including phenoxy) is 3. The van der Waals surface area contributed by atoms with Gasteiger partial charge in [0.25, 0.3) is 0 Å². The Bertz CT molecular complexity index is 923. The lowest BCUT2D eigenvalue weighted by molar-refractivity contribution is -0.114. The average molecular weight is 418 g/mol. The van der Waals surface area contributed by atoms with E-state index in [4.69, 9.17) is 19.9 Å². The van der Waals surface area contributed by atoms with Gasteiger partial charge in [0.05, 0.1) is 44.7 Å². The molecule has 0 atom stereocenters. The average Bonchev–Trinajstić information content (AvgIpc) is 2.72. The maximum atomic E-state index is 11.6. The molecule has 2 aromatic carbocycles. The number of allylic oxidation sites excluding steroid dienone is 1. The Morgan fingerprint density at radius 2 is 1.83 bits per heavy atom. The fraction of sp³-hybridized carbons (Fsp3) is 0.238. The first-order valence-corrected chi connectivity index (χ1v) is 8.67. The van der Waals surface area contributed by atoms with Gasteiger partial charge < -0.3 is 25.3 Å². The van der Waals surface area contributed by atoms with Crippen molar-refractivity contribution in [1.82, 2.24) is 0 Å². The van der Waals surface area contributed by atoms with Crippen LogP contribution in [0.5, 0.6) is 17.2 Å². The standard InChI is InChI=1S/C21H23N3O4.ClH/c1-4-28-20-11-15(6-8-19(20)27-3)16(12-22)9-14-5-7-18(26-2)17(10-14)24-21(25)13-23;/h5-11H,4,13,23H2,1-3H3,(H,24,25);1H. The molecule has 0 saturated heterocycles. The molecule has 1 amide bonds. The molecule has 2 aromatic rings. The molecule has 0 heterocycles. The van der Waals surface area contributed by atoms with Gasteiger partial charge >= 0.3 is 0 Å². The normalized spacial score (nSPS) is 10.4. The second-order valence-electron chi connectivity index (χ2n) is 5.68. The number of carbonyl (C=O) groups excluding carboxylic acids is 1. The fourth-order valence-electron chi connectivity index (χ4n) is 2.57. The number of nitrogens with two attached hydrogens (primary N) is 1. The van der Waals surface area contributed by atoms with Crippen molar-refractivity contribution in [2.45, 2.75) is 6.92 Å². The van der Waals surface area contributed by atoms with Crippen LogP contribution in [0.4, 0.5) is 5.69 Å². The number of methoxy groups -OCH3 is 2. The molecule has 3 N–H and O–H groups in total. The van der Waals surface area contributed by atoms with Crippen molar-refractivity contribution in [3.05, 3.63) is 47.5 Å². The number of rotatable bonds is 8. The van der Waals surface area contributed by atoms with Crippen LogP contribution < -0.4 is 25.3 Å². The monoisotopic (exact) mass is 417 g/mol. The zero-order chi connectivity index (χ0) is 20.5. The Balaban J connectivity index is 0.00000420. The third-order valence-corrected chi connectivity index (χ3v) is 3.89. The van der Waals surface area contributed by atoms with Crippen LogP contribution in [-0.4, -0.2) is 33.3 Å². The van der Waals surface area contributed by atoms with Gasteiger partial charge in [-0.15, -0.1) is 12.4 Å². The SMILES string of the molecule is CCOc1cc(C(C#N)=Cc2ccc(OC)c(NC(=O)CN)c2)ccc1OC.Cl. The highest BCUT2D eigenvalue weighted by Gasteiger charge is 2.11. The van der Waals surface area contributed by atoms with Crippen LogP contribution in [0, 0.1) is 11.3 Å². The molecule has 0 aliphatic carbocycles. The first-order chi connectivity index (χ1) is 13.6. The molecule has 154 valence electrons. The maximum absolute atomic E-state index is 11.6. The van der Waals surface area contributed by atoms with Crippen LogP contribution in [0.15, 0.2) is 36.4 Å². The van der Waals surface area contributed by atoms with Crippen molar-refractivity contribution < 1.29 is 19.0 Å². The molecule has 0 aromatic heterocycles. The topological polar surface area (TPSA) is 107 Å². The molecular weight excluding hydrogens is 394 g/mol. The van der Waals surface area contributed by atoms with Gasteiger partial charge in [0.15, 0.2) is 11.5 Å². The van der Waals surface area contributed by atoms with Crippen molar-refractivity contribution in [2.24, 2.45) is 5.73 Å². The Morgan fingerprint density at radius 3 is 2.41 bits per heavy atom.